The number of hydrogen-bond donors (Lipinski definition) is 2. The minimum atomic E-state index is -1.22. The molecule has 2 unspecified atom stereocenters. The van der Waals surface area contributed by atoms with E-state index in [1.165, 1.54) is 43.3 Å². The molecule has 0 radical (unpaired) electrons. The van der Waals surface area contributed by atoms with Crippen molar-refractivity contribution < 1.29 is 16.1 Å². The number of nitrogens with one attached hydrogen (secondary N) is 1. The smallest absolute Gasteiger partial charge is 0.323 e. The van der Waals surface area contributed by atoms with Gasteiger partial charge in [0.1, 0.15) is 10.6 Å². The van der Waals surface area contributed by atoms with Crippen LogP contribution in [0.2, 0.25) is 0 Å². The van der Waals surface area contributed by atoms with Crippen LogP contribution in [0.3, 0.4) is 0 Å². The summed E-state index contributed by atoms with van der Waals surface area (Å²) in [5.41, 5.74) is 2.24. The number of benzene rings is 1. The normalized spacial score (nSPS) is 21.3. The predicted octanol–water partition coefficient (Wildman–Crippen LogP) is 4.30. The molecule has 2 aliphatic heterocycles. The van der Waals surface area contributed by atoms with Crippen LogP contribution in [0.1, 0.15) is 53.4 Å². The van der Waals surface area contributed by atoms with Gasteiger partial charge in [-0.15, -0.1) is 11.8 Å². The van der Waals surface area contributed by atoms with Gasteiger partial charge in [-0.05, 0) is 56.5 Å². The highest BCUT2D eigenvalue weighted by atomic mass is 32.2. The van der Waals surface area contributed by atoms with Crippen LogP contribution in [0.25, 0.3) is 0 Å². The molecule has 2 N–H and O–H groups in total. The van der Waals surface area contributed by atoms with Crippen LogP contribution in [0, 0.1) is 17.2 Å². The molecule has 2 fully saturated rings. The molecule has 0 saturated carbocycles. The summed E-state index contributed by atoms with van der Waals surface area (Å²) in [5.74, 6) is -2.47. The third-order valence-corrected chi connectivity index (χ3v) is 7.48. The highest BCUT2D eigenvalue weighted by molar-refractivity contribution is 8.01. The van der Waals surface area contributed by atoms with Crippen LogP contribution < -0.4 is 5.32 Å². The molecular formula is C25H40N4O3S. The summed E-state index contributed by atoms with van der Waals surface area (Å²) in [4.78, 5) is 28.5. The third kappa shape index (κ3) is 7.65. The molecule has 2 aliphatic rings. The van der Waals surface area contributed by atoms with Crippen molar-refractivity contribution in [1.82, 2.24) is 9.80 Å². The van der Waals surface area contributed by atoms with Crippen LogP contribution >= 0.6 is 11.8 Å². The van der Waals surface area contributed by atoms with E-state index >= 15 is 0 Å². The Balaban J connectivity index is 0.00000188. The van der Waals surface area contributed by atoms with Gasteiger partial charge < -0.3 is 20.2 Å². The number of nitriles is 1. The molecule has 0 aliphatic carbocycles. The lowest BCUT2D eigenvalue weighted by molar-refractivity contribution is -0.141. The van der Waals surface area contributed by atoms with Crippen molar-refractivity contribution in [2.45, 2.75) is 63.5 Å². The van der Waals surface area contributed by atoms with Gasteiger partial charge in [0, 0.05) is 26.7 Å². The van der Waals surface area contributed by atoms with Gasteiger partial charge in [-0.2, -0.15) is 5.26 Å². The third-order valence-electron chi connectivity index (χ3n) is 5.97. The molecular weight excluding hydrogens is 436 g/mol. The van der Waals surface area contributed by atoms with E-state index in [2.05, 4.69) is 22.3 Å². The molecule has 0 bridgehead atoms. The quantitative estimate of drug-likeness (QED) is 0.491. The number of carboxylic acid groups (broad SMARTS) is 1. The maximum absolute atomic E-state index is 12.9. The molecule has 3 rings (SSSR count). The van der Waals surface area contributed by atoms with Gasteiger partial charge in [-0.25, -0.2) is 0 Å². The van der Waals surface area contributed by atoms with Crippen molar-refractivity contribution >= 4 is 29.3 Å². The summed E-state index contributed by atoms with van der Waals surface area (Å²) in [7, 11) is 0. The summed E-state index contributed by atoms with van der Waals surface area (Å²) in [5, 5.41) is 21.0. The average molecular weight is 477 g/mol. The van der Waals surface area contributed by atoms with Gasteiger partial charge in [0.25, 0.3) is 0 Å². The standard InChI is InChI=1S/C23H32N4O3S.C2H6.H2/c1-2-3-13-27-21(28)20(31-22(27)19(15-24)23(29)30)16-25-18-8-6-17(7-9-18)10-14-26-11-4-5-12-26;1-2;/h6-9,19-20,22,25H,2-5,10-14,16H2,1H3,(H,29,30);1-2H3;1H/t19-,20?,22?;;/m0../s1. The highest BCUT2D eigenvalue weighted by Crippen LogP contribution is 2.36. The number of rotatable bonds is 11. The lowest BCUT2D eigenvalue weighted by atomic mass is 10.1. The Morgan fingerprint density at radius 2 is 1.94 bits per heavy atom. The first-order chi connectivity index (χ1) is 16.0. The second-order valence-corrected chi connectivity index (χ2v) is 9.55. The number of thioether (sulfide) groups is 1. The number of aliphatic carboxylic acids is 1. The fourth-order valence-corrected chi connectivity index (χ4v) is 5.56. The van der Waals surface area contributed by atoms with Crippen LogP contribution in [-0.4, -0.2) is 70.1 Å². The number of carbonyl (C=O) groups excluding carboxylic acids is 1. The number of anilines is 1. The Hall–Kier alpha value is -2.24. The number of carbonyl (C=O) groups is 2. The second-order valence-electron chi connectivity index (χ2n) is 8.22. The maximum Gasteiger partial charge on any atom is 0.323 e. The van der Waals surface area contributed by atoms with Crippen molar-refractivity contribution in [2.24, 2.45) is 5.92 Å². The molecule has 1 aromatic carbocycles. The first kappa shape index (κ1) is 27.0. The zero-order valence-electron chi connectivity index (χ0n) is 20.1. The van der Waals surface area contributed by atoms with Crippen LogP contribution in [0.15, 0.2) is 24.3 Å². The molecule has 3 atom stereocenters. The van der Waals surface area contributed by atoms with Crippen LogP contribution in [-0.2, 0) is 16.0 Å². The van der Waals surface area contributed by atoms with Crippen molar-refractivity contribution in [2.75, 3.05) is 38.0 Å². The summed E-state index contributed by atoms with van der Waals surface area (Å²) in [6, 6.07) is 10.2. The van der Waals surface area contributed by atoms with Crippen LogP contribution in [0.4, 0.5) is 5.69 Å². The predicted molar refractivity (Wildman–Crippen MR) is 136 cm³/mol. The van der Waals surface area contributed by atoms with E-state index < -0.39 is 22.5 Å². The zero-order valence-corrected chi connectivity index (χ0v) is 20.9. The fourth-order valence-electron chi connectivity index (χ4n) is 4.10. The SMILES string of the molecule is CC.CCCCN1C(=O)C(CNc2ccc(CCN3CCCC3)cc2)SC1[C@H](C#N)C(=O)O.[HH]. The van der Waals surface area contributed by atoms with E-state index in [4.69, 9.17) is 0 Å². The zero-order chi connectivity index (χ0) is 24.2. The minimum Gasteiger partial charge on any atom is -0.480 e. The maximum atomic E-state index is 12.9. The molecule has 0 spiro atoms. The van der Waals surface area contributed by atoms with Crippen molar-refractivity contribution in [3.63, 3.8) is 0 Å². The molecule has 0 aromatic heterocycles. The van der Waals surface area contributed by atoms with Crippen LogP contribution in [0.5, 0.6) is 0 Å². The number of amides is 1. The molecule has 8 heteroatoms. The lowest BCUT2D eigenvalue weighted by Gasteiger charge is -2.24. The highest BCUT2D eigenvalue weighted by Gasteiger charge is 2.46. The van der Waals surface area contributed by atoms with Gasteiger partial charge in [0.15, 0.2) is 5.92 Å². The first-order valence-electron chi connectivity index (χ1n) is 12.2. The molecule has 2 saturated heterocycles. The molecule has 1 aromatic rings. The van der Waals surface area contributed by atoms with E-state index in [1.54, 1.807) is 4.90 Å². The van der Waals surface area contributed by atoms with Crippen molar-refractivity contribution in [1.29, 1.82) is 5.26 Å². The Bertz CT molecular complexity index is 796. The summed E-state index contributed by atoms with van der Waals surface area (Å²) < 4.78 is 0. The molecule has 1 amide bonds. The minimum absolute atomic E-state index is 0. The molecule has 33 heavy (non-hydrogen) atoms. The Morgan fingerprint density at radius 1 is 1.27 bits per heavy atom. The van der Waals surface area contributed by atoms with E-state index in [0.717, 1.165) is 31.5 Å². The van der Waals surface area contributed by atoms with Gasteiger partial charge >= 0.3 is 5.97 Å². The number of unbranched alkanes of at least 4 members (excludes halogenated alkanes) is 1. The first-order valence-corrected chi connectivity index (χ1v) is 13.1. The Morgan fingerprint density at radius 3 is 2.52 bits per heavy atom. The fraction of sp³-hybridized carbons (Fsp3) is 0.640. The summed E-state index contributed by atoms with van der Waals surface area (Å²) in [6.45, 7) is 10.4. The van der Waals surface area contributed by atoms with Crippen molar-refractivity contribution in [3.05, 3.63) is 29.8 Å². The van der Waals surface area contributed by atoms with Crippen molar-refractivity contribution in [3.8, 4) is 6.07 Å². The lowest BCUT2D eigenvalue weighted by Crippen LogP contribution is -2.41. The molecule has 184 valence electrons. The summed E-state index contributed by atoms with van der Waals surface area (Å²) >= 11 is 1.29. The second kappa shape index (κ2) is 14.1. The number of hydrogen-bond acceptors (Lipinski definition) is 6. The van der Waals surface area contributed by atoms with Gasteiger partial charge in [-0.3, -0.25) is 9.59 Å². The van der Waals surface area contributed by atoms with E-state index in [-0.39, 0.29) is 7.33 Å². The van der Waals surface area contributed by atoms with E-state index in [1.807, 2.05) is 39.0 Å². The Labute approximate surface area is 204 Å². The Kier molecular flexibility index (Phi) is 11.6. The number of likely N-dealkylation sites (tertiary alicyclic amines) is 1. The van der Waals surface area contributed by atoms with Gasteiger partial charge in [-0.1, -0.05) is 39.3 Å². The molecule has 7 nitrogen and oxygen atoms in total. The van der Waals surface area contributed by atoms with Gasteiger partial charge in [0.2, 0.25) is 5.91 Å². The number of nitrogens with zero attached hydrogens (tertiary/aromatic N) is 3. The topological polar surface area (TPSA) is 96.7 Å². The number of carboxylic acids is 1. The van der Waals surface area contributed by atoms with E-state index in [0.29, 0.717) is 13.1 Å². The largest absolute Gasteiger partial charge is 0.480 e. The monoisotopic (exact) mass is 476 g/mol. The van der Waals surface area contributed by atoms with Gasteiger partial charge in [0.05, 0.1) is 6.07 Å². The van der Waals surface area contributed by atoms with E-state index in [9.17, 15) is 20.0 Å². The average Bonchev–Trinajstić information content (AvgIpc) is 3.45. The molecule has 2 heterocycles. The summed E-state index contributed by atoms with van der Waals surface area (Å²) in [6.07, 6.45) is 5.34.